The number of fused-ring (bicyclic) bond motifs is 1. The number of hydrogen-bond donors (Lipinski definition) is 1. The van der Waals surface area contributed by atoms with Crippen LogP contribution in [0.2, 0.25) is 0 Å². The van der Waals surface area contributed by atoms with Gasteiger partial charge in [-0.25, -0.2) is 4.39 Å². The summed E-state index contributed by atoms with van der Waals surface area (Å²) in [5.74, 6) is -0.216. The van der Waals surface area contributed by atoms with Gasteiger partial charge < -0.3 is 15.0 Å². The van der Waals surface area contributed by atoms with E-state index in [0.717, 1.165) is 17.7 Å². The lowest BCUT2D eigenvalue weighted by Gasteiger charge is -2.36. The molecule has 0 bridgehead atoms. The quantitative estimate of drug-likeness (QED) is 0.645. The molecule has 29 heavy (non-hydrogen) atoms. The number of benzene rings is 2. The van der Waals surface area contributed by atoms with Crippen molar-refractivity contribution >= 4 is 22.9 Å². The molecule has 1 amide bonds. The Hall–Kier alpha value is -2.70. The fraction of sp³-hybridized carbons (Fsp3) is 0.261. The van der Waals surface area contributed by atoms with Gasteiger partial charge in [-0.3, -0.25) is 4.79 Å². The van der Waals surface area contributed by atoms with E-state index in [1.54, 1.807) is 30.6 Å². The topological polar surface area (TPSA) is 41.6 Å². The van der Waals surface area contributed by atoms with Crippen LogP contribution in [0.3, 0.4) is 0 Å². The van der Waals surface area contributed by atoms with E-state index in [9.17, 15) is 9.18 Å². The third-order valence-electron chi connectivity index (χ3n) is 5.22. The molecule has 0 saturated heterocycles. The van der Waals surface area contributed by atoms with Crippen LogP contribution in [0.25, 0.3) is 0 Å². The Kier molecular flexibility index (Phi) is 5.92. The van der Waals surface area contributed by atoms with Crippen molar-refractivity contribution in [3.63, 3.8) is 0 Å². The Bertz CT molecular complexity index is 987. The molecule has 0 aliphatic carbocycles. The number of nitrogens with zero attached hydrogens (tertiary/aromatic N) is 1. The molecule has 1 atom stereocenters. The van der Waals surface area contributed by atoms with E-state index in [1.165, 1.54) is 16.5 Å². The summed E-state index contributed by atoms with van der Waals surface area (Å²) in [7, 11) is 1.54. The number of carbonyl (C=O) groups excluding carboxylic acids is 1. The van der Waals surface area contributed by atoms with Crippen molar-refractivity contribution in [1.82, 2.24) is 4.90 Å². The number of halogens is 1. The van der Waals surface area contributed by atoms with Crippen molar-refractivity contribution in [3.05, 3.63) is 87.4 Å². The van der Waals surface area contributed by atoms with E-state index in [2.05, 4.69) is 16.8 Å². The summed E-state index contributed by atoms with van der Waals surface area (Å²) in [6.45, 7) is 1.19. The van der Waals surface area contributed by atoms with E-state index >= 15 is 0 Å². The van der Waals surface area contributed by atoms with Gasteiger partial charge in [0.05, 0.1) is 6.04 Å². The highest BCUT2D eigenvalue weighted by Gasteiger charge is 2.32. The summed E-state index contributed by atoms with van der Waals surface area (Å²) in [5.41, 5.74) is 3.79. The number of methoxy groups -OCH3 is 1. The number of ether oxygens (including phenoxy) is 1. The molecule has 0 spiro atoms. The summed E-state index contributed by atoms with van der Waals surface area (Å²) in [6.07, 6.45) is 0.876. The second-order valence-corrected chi connectivity index (χ2v) is 8.04. The van der Waals surface area contributed by atoms with Crippen molar-refractivity contribution in [1.29, 1.82) is 0 Å². The molecule has 0 saturated carbocycles. The number of nitrogens with one attached hydrogen (secondary N) is 1. The van der Waals surface area contributed by atoms with Gasteiger partial charge in [-0.05, 0) is 47.2 Å². The van der Waals surface area contributed by atoms with Gasteiger partial charge in [0, 0.05) is 36.3 Å². The van der Waals surface area contributed by atoms with Gasteiger partial charge >= 0.3 is 0 Å². The maximum Gasteiger partial charge on any atom is 0.249 e. The average molecular weight is 411 g/mol. The lowest BCUT2D eigenvalue weighted by atomic mass is 9.93. The minimum absolute atomic E-state index is 0.00361. The fourth-order valence-electron chi connectivity index (χ4n) is 3.77. The summed E-state index contributed by atoms with van der Waals surface area (Å²) in [5, 5.41) is 5.35. The third kappa shape index (κ3) is 4.18. The highest BCUT2D eigenvalue weighted by Crippen LogP contribution is 2.38. The second kappa shape index (κ2) is 8.76. The van der Waals surface area contributed by atoms with Gasteiger partial charge in [0.25, 0.3) is 0 Å². The monoisotopic (exact) mass is 410 g/mol. The maximum absolute atomic E-state index is 13.8. The van der Waals surface area contributed by atoms with Crippen molar-refractivity contribution in [2.45, 2.75) is 19.0 Å². The molecule has 4 rings (SSSR count). The lowest BCUT2D eigenvalue weighted by Crippen LogP contribution is -2.41. The van der Waals surface area contributed by atoms with Gasteiger partial charge in [-0.15, -0.1) is 11.3 Å². The summed E-state index contributed by atoms with van der Waals surface area (Å²) >= 11 is 1.74. The van der Waals surface area contributed by atoms with E-state index < -0.39 is 0 Å². The fourth-order valence-corrected chi connectivity index (χ4v) is 4.68. The molecule has 1 N–H and O–H groups in total. The zero-order valence-electron chi connectivity index (χ0n) is 16.2. The van der Waals surface area contributed by atoms with Crippen LogP contribution in [-0.2, 0) is 22.5 Å². The predicted molar refractivity (Wildman–Crippen MR) is 114 cm³/mol. The van der Waals surface area contributed by atoms with E-state index in [1.807, 2.05) is 35.2 Å². The molecule has 2 heterocycles. The molecule has 4 nitrogen and oxygen atoms in total. The smallest absolute Gasteiger partial charge is 0.249 e. The Balaban J connectivity index is 1.54. The van der Waals surface area contributed by atoms with Crippen LogP contribution in [0.15, 0.2) is 60.0 Å². The van der Waals surface area contributed by atoms with Crippen LogP contribution in [0.4, 0.5) is 10.1 Å². The van der Waals surface area contributed by atoms with Crippen molar-refractivity contribution in [3.8, 4) is 0 Å². The molecule has 2 aromatic carbocycles. The minimum Gasteiger partial charge on any atom is -0.381 e. The number of amides is 1. The maximum atomic E-state index is 13.8. The first-order chi connectivity index (χ1) is 14.2. The van der Waals surface area contributed by atoms with Gasteiger partial charge in [0.2, 0.25) is 5.91 Å². The van der Waals surface area contributed by atoms with E-state index in [0.29, 0.717) is 18.7 Å². The second-order valence-electron chi connectivity index (χ2n) is 7.04. The van der Waals surface area contributed by atoms with Crippen LogP contribution in [-0.4, -0.2) is 31.1 Å². The third-order valence-corrected chi connectivity index (χ3v) is 6.22. The van der Waals surface area contributed by atoms with Crippen LogP contribution in [0, 0.1) is 5.82 Å². The first-order valence-corrected chi connectivity index (χ1v) is 10.5. The molecule has 0 radical (unpaired) electrons. The molecule has 1 aromatic heterocycles. The summed E-state index contributed by atoms with van der Waals surface area (Å²) < 4.78 is 18.9. The van der Waals surface area contributed by atoms with Crippen LogP contribution in [0.1, 0.15) is 27.6 Å². The largest absolute Gasteiger partial charge is 0.381 e. The SMILES string of the molecule is COCC(=O)N1CCc2sccc2[C@@H]1c1ccc(NCc2ccccc2F)cc1. The highest BCUT2D eigenvalue weighted by atomic mass is 32.1. The van der Waals surface area contributed by atoms with Crippen molar-refractivity contribution in [2.24, 2.45) is 0 Å². The molecule has 3 aromatic rings. The Labute approximate surface area is 173 Å². The average Bonchev–Trinajstić information content (AvgIpc) is 3.22. The van der Waals surface area contributed by atoms with Crippen molar-refractivity contribution < 1.29 is 13.9 Å². The zero-order valence-corrected chi connectivity index (χ0v) is 17.0. The molecule has 6 heteroatoms. The summed E-state index contributed by atoms with van der Waals surface area (Å²) in [6, 6.07) is 16.8. The number of anilines is 1. The van der Waals surface area contributed by atoms with Crippen LogP contribution < -0.4 is 5.32 Å². The van der Waals surface area contributed by atoms with E-state index in [4.69, 9.17) is 4.74 Å². The first kappa shape index (κ1) is 19.6. The molecule has 0 fully saturated rings. The number of thiophene rings is 1. The Morgan fingerprint density at radius 2 is 2.00 bits per heavy atom. The molecule has 0 unspecified atom stereocenters. The molecular formula is C23H23FN2O2S. The summed E-state index contributed by atoms with van der Waals surface area (Å²) in [4.78, 5) is 15.9. The first-order valence-electron chi connectivity index (χ1n) is 9.59. The molecular weight excluding hydrogens is 387 g/mol. The molecule has 150 valence electrons. The van der Waals surface area contributed by atoms with Gasteiger partial charge in [-0.2, -0.15) is 0 Å². The van der Waals surface area contributed by atoms with E-state index in [-0.39, 0.29) is 24.4 Å². The van der Waals surface area contributed by atoms with Crippen LogP contribution in [0.5, 0.6) is 0 Å². The van der Waals surface area contributed by atoms with Gasteiger partial charge in [0.15, 0.2) is 0 Å². The predicted octanol–water partition coefficient (Wildman–Crippen LogP) is 4.62. The Morgan fingerprint density at radius 3 is 2.76 bits per heavy atom. The Morgan fingerprint density at radius 1 is 1.21 bits per heavy atom. The molecule has 1 aliphatic heterocycles. The molecule has 1 aliphatic rings. The minimum atomic E-state index is -0.212. The van der Waals surface area contributed by atoms with Gasteiger partial charge in [0.1, 0.15) is 12.4 Å². The standard InChI is InChI=1S/C23H23FN2O2S/c1-28-15-22(27)26-12-10-21-19(11-13-29-21)23(26)16-6-8-18(9-7-16)25-14-17-4-2-3-5-20(17)24/h2-9,11,13,23,25H,10,12,14-15H2,1H3/t23-/m0/s1. The number of rotatable bonds is 6. The van der Waals surface area contributed by atoms with Crippen LogP contribution >= 0.6 is 11.3 Å². The highest BCUT2D eigenvalue weighted by molar-refractivity contribution is 7.10. The lowest BCUT2D eigenvalue weighted by molar-refractivity contribution is -0.137. The van der Waals surface area contributed by atoms with Crippen molar-refractivity contribution in [2.75, 3.05) is 25.6 Å². The number of hydrogen-bond acceptors (Lipinski definition) is 4. The number of carbonyl (C=O) groups is 1. The van der Waals surface area contributed by atoms with Gasteiger partial charge in [-0.1, -0.05) is 30.3 Å². The zero-order chi connectivity index (χ0) is 20.2. The normalized spacial score (nSPS) is 15.8.